The Labute approximate surface area is 117 Å². The third kappa shape index (κ3) is 14.4. The highest BCUT2D eigenvalue weighted by atomic mass is 16.4. The van der Waals surface area contributed by atoms with Crippen LogP contribution in [0.5, 0.6) is 0 Å². The molecule has 0 unspecified atom stereocenters. The maximum absolute atomic E-state index is 8.78. The first kappa shape index (κ1) is 19.8. The summed E-state index contributed by atoms with van der Waals surface area (Å²) >= 11 is 0. The lowest BCUT2D eigenvalue weighted by atomic mass is 10.0. The second-order valence-electron chi connectivity index (χ2n) is 4.08. The van der Waals surface area contributed by atoms with E-state index in [0.717, 1.165) is 0 Å². The largest absolute Gasteiger partial charge is 0.465 e. The Morgan fingerprint density at radius 3 is 2.16 bits per heavy atom. The molecule has 0 heterocycles. The van der Waals surface area contributed by atoms with E-state index in [9.17, 15) is 0 Å². The van der Waals surface area contributed by atoms with Crippen molar-refractivity contribution in [2.24, 2.45) is 5.73 Å². The second-order valence-corrected chi connectivity index (χ2v) is 4.08. The van der Waals surface area contributed by atoms with E-state index < -0.39 is 6.09 Å². The standard InChI is InChI=1S/C13H20.C2H6.CH3NO2/c1-3-4-5-6-10-13-11-8-7-9-12(13)2;1-2;2-1(3)4/h7-9,11H,3-6,10H2,1-2H3;1-2H3;2H2,(H,3,4). The molecule has 0 bridgehead atoms. The van der Waals surface area contributed by atoms with Crippen molar-refractivity contribution in [1.82, 2.24) is 0 Å². The van der Waals surface area contributed by atoms with Gasteiger partial charge in [-0.15, -0.1) is 0 Å². The first-order chi connectivity index (χ1) is 9.07. The van der Waals surface area contributed by atoms with Crippen LogP contribution in [-0.4, -0.2) is 11.2 Å². The SMILES string of the molecule is CC.CCCCCCc1ccccc1C.NC(=O)O. The van der Waals surface area contributed by atoms with Gasteiger partial charge in [0.2, 0.25) is 0 Å². The van der Waals surface area contributed by atoms with E-state index in [-0.39, 0.29) is 0 Å². The van der Waals surface area contributed by atoms with Crippen LogP contribution in [0.25, 0.3) is 0 Å². The Kier molecular flexibility index (Phi) is 15.2. The molecule has 0 saturated carbocycles. The molecule has 0 aromatic heterocycles. The van der Waals surface area contributed by atoms with Crippen LogP contribution in [0, 0.1) is 6.92 Å². The molecule has 0 fully saturated rings. The van der Waals surface area contributed by atoms with Crippen molar-refractivity contribution in [1.29, 1.82) is 0 Å². The van der Waals surface area contributed by atoms with Gasteiger partial charge in [-0.3, -0.25) is 0 Å². The summed E-state index contributed by atoms with van der Waals surface area (Å²) < 4.78 is 0. The molecular formula is C16H29NO2. The van der Waals surface area contributed by atoms with Crippen LogP contribution < -0.4 is 5.73 Å². The highest BCUT2D eigenvalue weighted by molar-refractivity contribution is 5.61. The molecule has 19 heavy (non-hydrogen) atoms. The summed E-state index contributed by atoms with van der Waals surface area (Å²) in [6.07, 6.45) is 5.36. The van der Waals surface area contributed by atoms with Gasteiger partial charge in [0.05, 0.1) is 0 Å². The zero-order valence-corrected chi connectivity index (χ0v) is 12.8. The van der Waals surface area contributed by atoms with Crippen molar-refractivity contribution in [3.05, 3.63) is 35.4 Å². The van der Waals surface area contributed by atoms with Crippen molar-refractivity contribution in [3.8, 4) is 0 Å². The van der Waals surface area contributed by atoms with E-state index in [1.54, 1.807) is 0 Å². The van der Waals surface area contributed by atoms with Crippen LogP contribution in [0.15, 0.2) is 24.3 Å². The lowest BCUT2D eigenvalue weighted by Crippen LogP contribution is -2.03. The third-order valence-corrected chi connectivity index (χ3v) is 2.56. The Morgan fingerprint density at radius 1 is 1.16 bits per heavy atom. The smallest absolute Gasteiger partial charge is 0.402 e. The van der Waals surface area contributed by atoms with Gasteiger partial charge in [-0.05, 0) is 30.9 Å². The zero-order valence-electron chi connectivity index (χ0n) is 12.8. The van der Waals surface area contributed by atoms with Crippen LogP contribution >= 0.6 is 0 Å². The average molecular weight is 267 g/mol. The highest BCUT2D eigenvalue weighted by Gasteiger charge is 1.95. The van der Waals surface area contributed by atoms with E-state index in [0.29, 0.717) is 0 Å². The minimum Gasteiger partial charge on any atom is -0.465 e. The fourth-order valence-corrected chi connectivity index (χ4v) is 1.63. The zero-order chi connectivity index (χ0) is 15.1. The van der Waals surface area contributed by atoms with Crippen LogP contribution in [0.2, 0.25) is 0 Å². The monoisotopic (exact) mass is 267 g/mol. The molecule has 3 nitrogen and oxygen atoms in total. The van der Waals surface area contributed by atoms with Crippen molar-refractivity contribution >= 4 is 6.09 Å². The number of rotatable bonds is 5. The summed E-state index contributed by atoms with van der Waals surface area (Å²) in [4.78, 5) is 8.78. The Morgan fingerprint density at radius 2 is 1.68 bits per heavy atom. The van der Waals surface area contributed by atoms with Gasteiger partial charge in [0.1, 0.15) is 0 Å². The number of benzene rings is 1. The highest BCUT2D eigenvalue weighted by Crippen LogP contribution is 2.11. The molecule has 1 aromatic rings. The van der Waals surface area contributed by atoms with E-state index in [1.165, 1.54) is 43.2 Å². The molecule has 3 heteroatoms. The van der Waals surface area contributed by atoms with Crippen molar-refractivity contribution in [2.75, 3.05) is 0 Å². The minimum absolute atomic E-state index is 1.26. The average Bonchev–Trinajstić information content (AvgIpc) is 2.38. The number of unbranched alkanes of at least 4 members (excludes halogenated alkanes) is 3. The van der Waals surface area contributed by atoms with Gasteiger partial charge in [-0.2, -0.15) is 0 Å². The van der Waals surface area contributed by atoms with Crippen LogP contribution in [0.4, 0.5) is 4.79 Å². The molecule has 0 saturated heterocycles. The Hall–Kier alpha value is -1.51. The molecule has 3 N–H and O–H groups in total. The Balaban J connectivity index is 0. The van der Waals surface area contributed by atoms with Crippen molar-refractivity contribution < 1.29 is 9.90 Å². The molecule has 1 rings (SSSR count). The molecule has 1 aromatic carbocycles. The van der Waals surface area contributed by atoms with Gasteiger partial charge >= 0.3 is 6.09 Å². The van der Waals surface area contributed by atoms with E-state index in [2.05, 4.69) is 43.8 Å². The first-order valence-electron chi connectivity index (χ1n) is 7.10. The number of hydrogen-bond acceptors (Lipinski definition) is 1. The predicted octanol–water partition coefficient (Wildman–Crippen LogP) is 4.77. The Bertz CT molecular complexity index is 320. The number of nitrogens with two attached hydrogens (primary N) is 1. The topological polar surface area (TPSA) is 63.3 Å². The van der Waals surface area contributed by atoms with Gasteiger partial charge in [-0.25, -0.2) is 4.79 Å². The lowest BCUT2D eigenvalue weighted by molar-refractivity contribution is 0.205. The van der Waals surface area contributed by atoms with Gasteiger partial charge < -0.3 is 10.8 Å². The molecule has 0 atom stereocenters. The molecule has 0 aliphatic rings. The van der Waals surface area contributed by atoms with E-state index >= 15 is 0 Å². The number of primary amides is 1. The minimum atomic E-state index is -1.33. The first-order valence-corrected chi connectivity index (χ1v) is 7.10. The molecule has 0 radical (unpaired) electrons. The molecule has 1 amide bonds. The molecule has 0 spiro atoms. The van der Waals surface area contributed by atoms with E-state index in [1.807, 2.05) is 13.8 Å². The summed E-state index contributed by atoms with van der Waals surface area (Å²) in [6, 6.07) is 8.71. The summed E-state index contributed by atoms with van der Waals surface area (Å²) in [5.41, 5.74) is 7.00. The maximum atomic E-state index is 8.78. The second kappa shape index (κ2) is 14.6. The lowest BCUT2D eigenvalue weighted by Gasteiger charge is -2.04. The summed E-state index contributed by atoms with van der Waals surface area (Å²) in [5, 5.41) is 7.19. The van der Waals surface area contributed by atoms with Crippen molar-refractivity contribution in [2.45, 2.75) is 59.8 Å². The maximum Gasteiger partial charge on any atom is 0.402 e. The quantitative estimate of drug-likeness (QED) is 0.755. The summed E-state index contributed by atoms with van der Waals surface area (Å²) in [6.45, 7) is 8.46. The van der Waals surface area contributed by atoms with Crippen LogP contribution in [0.1, 0.15) is 57.6 Å². The summed E-state index contributed by atoms with van der Waals surface area (Å²) in [7, 11) is 0. The third-order valence-electron chi connectivity index (χ3n) is 2.56. The van der Waals surface area contributed by atoms with Gasteiger partial charge in [-0.1, -0.05) is 64.3 Å². The predicted molar refractivity (Wildman–Crippen MR) is 82.6 cm³/mol. The number of carbonyl (C=O) groups is 1. The van der Waals surface area contributed by atoms with Crippen molar-refractivity contribution in [3.63, 3.8) is 0 Å². The molecular weight excluding hydrogens is 238 g/mol. The van der Waals surface area contributed by atoms with E-state index in [4.69, 9.17) is 9.90 Å². The number of amides is 1. The molecule has 0 aliphatic heterocycles. The molecule has 110 valence electrons. The van der Waals surface area contributed by atoms with Crippen LogP contribution in [-0.2, 0) is 6.42 Å². The normalized spacial score (nSPS) is 8.63. The number of aryl methyl sites for hydroxylation is 2. The molecule has 0 aliphatic carbocycles. The van der Waals surface area contributed by atoms with Gasteiger partial charge in [0.15, 0.2) is 0 Å². The fraction of sp³-hybridized carbons (Fsp3) is 0.562. The number of hydrogen-bond donors (Lipinski definition) is 2. The number of carboxylic acid groups (broad SMARTS) is 1. The van der Waals surface area contributed by atoms with Crippen LogP contribution in [0.3, 0.4) is 0 Å². The fourth-order valence-electron chi connectivity index (χ4n) is 1.63. The van der Waals surface area contributed by atoms with Gasteiger partial charge in [0, 0.05) is 0 Å². The van der Waals surface area contributed by atoms with Gasteiger partial charge in [0.25, 0.3) is 0 Å². The summed E-state index contributed by atoms with van der Waals surface area (Å²) in [5.74, 6) is 0.